The number of carbonyl (C=O) groups is 1. The fourth-order valence-electron chi connectivity index (χ4n) is 5.94. The van der Waals surface area contributed by atoms with Crippen LogP contribution in [0.5, 0.6) is 0 Å². The highest BCUT2D eigenvalue weighted by Gasteiger charge is 2.30. The van der Waals surface area contributed by atoms with E-state index in [1.54, 1.807) is 0 Å². The standard InChI is InChI=1S/C43H52N6O4Si/c1-7-25-52-54(6,53-26-8-2)27-9-24-46-42(50)51-32-34-14-16-37(17-15-34)47-38-20-22-40(23-21-38)49-48-39-18-12-33(13-19-39)10-11-35-28-36(41(31-44)45-5)30-43(3,4)29-35/h10-23,28,47H,7-9,24-27,29-30,32H2,1-4,6H3,(H,46,50)/b11-10+,41-36+,49-48?. The first-order valence-corrected chi connectivity index (χ1v) is 21.1. The molecule has 3 aromatic rings. The van der Waals surface area contributed by atoms with Crippen molar-refractivity contribution in [2.45, 2.75) is 79.0 Å². The Hall–Kier alpha value is -5.33. The summed E-state index contributed by atoms with van der Waals surface area (Å²) >= 11 is 0. The Morgan fingerprint density at radius 2 is 1.52 bits per heavy atom. The first-order valence-electron chi connectivity index (χ1n) is 18.6. The van der Waals surface area contributed by atoms with Gasteiger partial charge in [-0.3, -0.25) is 0 Å². The highest BCUT2D eigenvalue weighted by Crippen LogP contribution is 2.40. The maximum Gasteiger partial charge on any atom is 0.407 e. The largest absolute Gasteiger partial charge is 0.445 e. The van der Waals surface area contributed by atoms with E-state index in [2.05, 4.69) is 66.0 Å². The SMILES string of the molecule is [C-]#[N+]/C(C#N)=C1C=C(/C=C/c2ccc(N=Nc3ccc(Nc4ccc(COC(=O)NCCC[Si](C)(OCCC)OCCC)cc4)cc3)cc2)CC(C)(C)C\1. The number of allylic oxidation sites excluding steroid dienone is 5. The zero-order valence-corrected chi connectivity index (χ0v) is 33.2. The van der Waals surface area contributed by atoms with Gasteiger partial charge in [0.1, 0.15) is 6.61 Å². The molecule has 0 unspecified atom stereocenters. The molecule has 0 fully saturated rings. The van der Waals surface area contributed by atoms with Gasteiger partial charge in [-0.1, -0.05) is 70.2 Å². The number of carbonyl (C=O) groups excluding carboxylic acids is 1. The van der Waals surface area contributed by atoms with Crippen LogP contribution in [0.4, 0.5) is 27.5 Å². The molecule has 0 saturated carbocycles. The van der Waals surface area contributed by atoms with Gasteiger partial charge in [0.15, 0.2) is 0 Å². The van der Waals surface area contributed by atoms with Crippen LogP contribution in [-0.2, 0) is 20.2 Å². The minimum absolute atomic E-state index is 0.0160. The molecule has 4 rings (SSSR count). The van der Waals surface area contributed by atoms with Crippen LogP contribution in [0.1, 0.15) is 70.9 Å². The average Bonchev–Trinajstić information content (AvgIpc) is 3.17. The van der Waals surface area contributed by atoms with Crippen LogP contribution in [-0.4, -0.2) is 34.4 Å². The summed E-state index contributed by atoms with van der Waals surface area (Å²) < 4.78 is 17.5. The molecule has 0 bridgehead atoms. The summed E-state index contributed by atoms with van der Waals surface area (Å²) in [6.07, 6.45) is 9.93. The summed E-state index contributed by atoms with van der Waals surface area (Å²) in [4.78, 5) is 15.7. The van der Waals surface area contributed by atoms with Crippen molar-refractivity contribution in [2.24, 2.45) is 15.6 Å². The number of rotatable bonds is 18. The van der Waals surface area contributed by atoms with Crippen LogP contribution in [0.3, 0.4) is 0 Å². The van der Waals surface area contributed by atoms with Crippen molar-refractivity contribution in [3.8, 4) is 6.07 Å². The van der Waals surface area contributed by atoms with Gasteiger partial charge in [0.05, 0.1) is 24.0 Å². The number of nitrogens with zero attached hydrogens (tertiary/aromatic N) is 4. The van der Waals surface area contributed by atoms with Crippen molar-refractivity contribution in [2.75, 3.05) is 25.1 Å². The quantitative estimate of drug-likeness (QED) is 0.0439. The van der Waals surface area contributed by atoms with E-state index in [0.717, 1.165) is 83.2 Å². The van der Waals surface area contributed by atoms with Crippen LogP contribution in [0.2, 0.25) is 12.6 Å². The molecule has 1 amide bonds. The van der Waals surface area contributed by atoms with E-state index in [1.165, 1.54) is 0 Å². The topological polar surface area (TPSA) is 122 Å². The zero-order valence-electron chi connectivity index (χ0n) is 32.2. The number of anilines is 2. The molecule has 2 N–H and O–H groups in total. The first-order chi connectivity index (χ1) is 26.0. The number of alkyl carbamates (subject to hydrolysis) is 1. The van der Waals surface area contributed by atoms with Gasteiger partial charge in [0, 0.05) is 31.1 Å². The third-order valence-electron chi connectivity index (χ3n) is 8.68. The molecule has 1 aliphatic carbocycles. The molecule has 0 aliphatic heterocycles. The van der Waals surface area contributed by atoms with Gasteiger partial charge in [0.2, 0.25) is 0 Å². The van der Waals surface area contributed by atoms with E-state index in [4.69, 9.17) is 20.2 Å². The Morgan fingerprint density at radius 3 is 2.09 bits per heavy atom. The lowest BCUT2D eigenvalue weighted by Gasteiger charge is -2.30. The number of hydrogen-bond acceptors (Lipinski definition) is 8. The van der Waals surface area contributed by atoms with Crippen molar-refractivity contribution in [1.29, 1.82) is 5.26 Å². The average molecular weight is 745 g/mol. The van der Waals surface area contributed by atoms with Gasteiger partial charge in [-0.05, 0) is 121 Å². The normalized spacial score (nSPS) is 15.0. The van der Waals surface area contributed by atoms with Crippen LogP contribution in [0.15, 0.2) is 112 Å². The molecule has 0 radical (unpaired) electrons. The molecule has 1 aliphatic rings. The van der Waals surface area contributed by atoms with E-state index in [9.17, 15) is 10.1 Å². The third-order valence-corrected chi connectivity index (χ3v) is 11.6. The zero-order chi connectivity index (χ0) is 38.8. The number of benzene rings is 3. The Morgan fingerprint density at radius 1 is 0.926 bits per heavy atom. The first kappa shape index (κ1) is 41.4. The number of nitrogens with one attached hydrogen (secondary N) is 2. The number of amides is 1. The van der Waals surface area contributed by atoms with E-state index >= 15 is 0 Å². The molecular formula is C43H52N6O4Si. The molecule has 0 aromatic heterocycles. The monoisotopic (exact) mass is 744 g/mol. The number of hydrogen-bond donors (Lipinski definition) is 2. The maximum absolute atomic E-state index is 12.3. The predicted octanol–water partition coefficient (Wildman–Crippen LogP) is 11.8. The minimum Gasteiger partial charge on any atom is -0.445 e. The smallest absolute Gasteiger partial charge is 0.407 e. The minimum atomic E-state index is -2.22. The fourth-order valence-corrected chi connectivity index (χ4v) is 8.40. The lowest BCUT2D eigenvalue weighted by molar-refractivity contribution is 0.139. The van der Waals surface area contributed by atoms with Crippen LogP contribution >= 0.6 is 0 Å². The van der Waals surface area contributed by atoms with Crippen molar-refractivity contribution >= 4 is 43.5 Å². The number of nitriles is 1. The van der Waals surface area contributed by atoms with Crippen molar-refractivity contribution in [1.82, 2.24) is 5.32 Å². The van der Waals surface area contributed by atoms with Crippen LogP contribution in [0.25, 0.3) is 10.9 Å². The van der Waals surface area contributed by atoms with E-state index < -0.39 is 14.7 Å². The Kier molecular flexibility index (Phi) is 15.9. The molecule has 0 heterocycles. The highest BCUT2D eigenvalue weighted by atomic mass is 28.4. The van der Waals surface area contributed by atoms with Crippen LogP contribution < -0.4 is 10.6 Å². The molecule has 0 atom stereocenters. The molecule has 3 aromatic carbocycles. The second-order valence-electron chi connectivity index (χ2n) is 14.3. The number of ether oxygens (including phenoxy) is 1. The summed E-state index contributed by atoms with van der Waals surface area (Å²) in [6.45, 7) is 20.0. The second-order valence-corrected chi connectivity index (χ2v) is 17.6. The van der Waals surface area contributed by atoms with Crippen molar-refractivity contribution in [3.63, 3.8) is 0 Å². The number of azo groups is 1. The lowest BCUT2D eigenvalue weighted by Crippen LogP contribution is -2.40. The van der Waals surface area contributed by atoms with Gasteiger partial charge in [-0.15, -0.1) is 0 Å². The summed E-state index contributed by atoms with van der Waals surface area (Å²) in [5.41, 5.74) is 7.26. The van der Waals surface area contributed by atoms with Crippen molar-refractivity contribution in [3.05, 3.63) is 124 Å². The summed E-state index contributed by atoms with van der Waals surface area (Å²) in [6, 6.07) is 26.1. The molecule has 0 spiro atoms. The van der Waals surface area contributed by atoms with E-state index in [0.29, 0.717) is 19.8 Å². The Balaban J connectivity index is 1.20. The Labute approximate surface area is 321 Å². The van der Waals surface area contributed by atoms with Gasteiger partial charge < -0.3 is 24.2 Å². The third kappa shape index (κ3) is 13.9. The summed E-state index contributed by atoms with van der Waals surface area (Å²) in [5.74, 6) is 0. The van der Waals surface area contributed by atoms with Gasteiger partial charge in [-0.2, -0.15) is 10.2 Å². The molecular weight excluding hydrogens is 693 g/mol. The van der Waals surface area contributed by atoms with E-state index in [-0.39, 0.29) is 17.7 Å². The molecule has 10 nitrogen and oxygen atoms in total. The lowest BCUT2D eigenvalue weighted by atomic mass is 9.74. The maximum atomic E-state index is 12.3. The van der Waals surface area contributed by atoms with Crippen molar-refractivity contribution < 1.29 is 18.4 Å². The molecule has 54 heavy (non-hydrogen) atoms. The van der Waals surface area contributed by atoms with Gasteiger partial charge >= 0.3 is 14.7 Å². The highest BCUT2D eigenvalue weighted by molar-refractivity contribution is 6.66. The summed E-state index contributed by atoms with van der Waals surface area (Å²) in [5, 5.41) is 24.3. The molecule has 0 saturated heterocycles. The Bertz CT molecular complexity index is 1860. The second kappa shape index (κ2) is 20.8. The molecule has 282 valence electrons. The fraction of sp³-hybridized carbons (Fsp3) is 0.372. The van der Waals surface area contributed by atoms with E-state index in [1.807, 2.05) is 91.0 Å². The van der Waals surface area contributed by atoms with Crippen LogP contribution in [0, 0.1) is 23.3 Å². The predicted molar refractivity (Wildman–Crippen MR) is 218 cm³/mol. The molecule has 11 heteroatoms. The van der Waals surface area contributed by atoms with Gasteiger partial charge in [-0.25, -0.2) is 14.9 Å². The summed E-state index contributed by atoms with van der Waals surface area (Å²) in [7, 11) is -2.22. The van der Waals surface area contributed by atoms with Gasteiger partial charge in [0.25, 0.3) is 5.70 Å².